The van der Waals surface area contributed by atoms with E-state index in [0.29, 0.717) is 10.9 Å². The largest absolute Gasteiger partial charge is 0.364 e. The Kier molecular flexibility index (Phi) is 6.21. The Labute approximate surface area is 202 Å². The van der Waals surface area contributed by atoms with Gasteiger partial charge in [0, 0.05) is 28.8 Å². The summed E-state index contributed by atoms with van der Waals surface area (Å²) in [6.45, 7) is 3.87. The van der Waals surface area contributed by atoms with Crippen LogP contribution in [0.5, 0.6) is 0 Å². The predicted octanol–water partition coefficient (Wildman–Crippen LogP) is 3.98. The highest BCUT2D eigenvalue weighted by molar-refractivity contribution is 5.94. The number of fused-ring (bicyclic) bond motifs is 1. The number of nitrogens with one attached hydrogen (secondary N) is 1. The number of piperidine rings is 1. The predicted molar refractivity (Wildman–Crippen MR) is 132 cm³/mol. The molecule has 3 heterocycles. The van der Waals surface area contributed by atoms with Gasteiger partial charge in [-0.25, -0.2) is 4.39 Å². The van der Waals surface area contributed by atoms with Crippen molar-refractivity contribution in [2.45, 2.75) is 32.4 Å². The summed E-state index contributed by atoms with van der Waals surface area (Å²) in [5, 5.41) is 8.28. The molecule has 0 spiro atoms. The monoisotopic (exact) mass is 474 g/mol. The number of likely N-dealkylation sites (tertiary alicyclic amines) is 1. The maximum absolute atomic E-state index is 14.4. The van der Waals surface area contributed by atoms with Gasteiger partial charge in [-0.2, -0.15) is 0 Å². The Balaban J connectivity index is 1.38. The van der Waals surface area contributed by atoms with Crippen LogP contribution in [0, 0.1) is 12.7 Å². The minimum atomic E-state index is -0.501. The van der Waals surface area contributed by atoms with Crippen LogP contribution in [0.4, 0.5) is 4.39 Å². The number of carbonyl (C=O) groups excluding carboxylic acids is 1. The van der Waals surface area contributed by atoms with Gasteiger partial charge in [0.2, 0.25) is 0 Å². The summed E-state index contributed by atoms with van der Waals surface area (Å²) in [6, 6.07) is 11.8. The average molecular weight is 475 g/mol. The van der Waals surface area contributed by atoms with Crippen molar-refractivity contribution in [2.24, 2.45) is 0 Å². The fraction of sp³-hybridized carbons (Fsp3) is 0.296. The van der Waals surface area contributed by atoms with Crippen molar-refractivity contribution in [3.63, 3.8) is 0 Å². The molecule has 180 valence electrons. The smallest absolute Gasteiger partial charge is 0.258 e. The Morgan fingerprint density at radius 3 is 2.71 bits per heavy atom. The van der Waals surface area contributed by atoms with Crippen molar-refractivity contribution in [2.75, 3.05) is 20.1 Å². The number of hydrogen-bond donors (Lipinski definition) is 1. The molecule has 5 rings (SSSR count). The zero-order valence-electron chi connectivity index (χ0n) is 19.8. The van der Waals surface area contributed by atoms with Crippen LogP contribution in [0.1, 0.15) is 34.5 Å². The number of amides is 1. The SMILES string of the molecule is Cc1nocc1-c1ccc2c(=O)n(Cc3cc(F)cc(C(=O)NC4CCN(C)CC4)c3)ccc2c1. The van der Waals surface area contributed by atoms with Gasteiger partial charge in [-0.15, -0.1) is 0 Å². The third kappa shape index (κ3) is 4.88. The van der Waals surface area contributed by atoms with Crippen molar-refractivity contribution in [3.8, 4) is 11.1 Å². The van der Waals surface area contributed by atoms with E-state index < -0.39 is 5.82 Å². The number of hydrogen-bond acceptors (Lipinski definition) is 5. The van der Waals surface area contributed by atoms with E-state index in [2.05, 4.69) is 22.4 Å². The highest BCUT2D eigenvalue weighted by atomic mass is 19.1. The number of benzene rings is 2. The van der Waals surface area contributed by atoms with Gasteiger partial charge in [-0.1, -0.05) is 11.2 Å². The maximum atomic E-state index is 14.4. The van der Waals surface area contributed by atoms with E-state index in [9.17, 15) is 14.0 Å². The van der Waals surface area contributed by atoms with E-state index in [1.54, 1.807) is 24.6 Å². The zero-order valence-corrected chi connectivity index (χ0v) is 19.8. The molecule has 0 saturated carbocycles. The highest BCUT2D eigenvalue weighted by Crippen LogP contribution is 2.25. The average Bonchev–Trinajstić information content (AvgIpc) is 3.27. The Hall–Kier alpha value is -3.78. The van der Waals surface area contributed by atoms with Gasteiger partial charge in [0.25, 0.3) is 11.5 Å². The number of aromatic nitrogens is 2. The molecule has 0 radical (unpaired) electrons. The second kappa shape index (κ2) is 9.46. The molecule has 4 aromatic rings. The maximum Gasteiger partial charge on any atom is 0.258 e. The van der Waals surface area contributed by atoms with Crippen LogP contribution in [0.3, 0.4) is 0 Å². The van der Waals surface area contributed by atoms with Crippen molar-refractivity contribution < 1.29 is 13.7 Å². The molecular weight excluding hydrogens is 447 g/mol. The quantitative estimate of drug-likeness (QED) is 0.473. The van der Waals surface area contributed by atoms with Crippen LogP contribution >= 0.6 is 0 Å². The van der Waals surface area contributed by atoms with Gasteiger partial charge in [0.1, 0.15) is 12.1 Å². The van der Waals surface area contributed by atoms with Crippen LogP contribution in [-0.4, -0.2) is 46.7 Å². The molecule has 0 unspecified atom stereocenters. The lowest BCUT2D eigenvalue weighted by molar-refractivity contribution is 0.0916. The molecule has 7 nitrogen and oxygen atoms in total. The third-order valence-corrected chi connectivity index (χ3v) is 6.66. The minimum absolute atomic E-state index is 0.0834. The van der Waals surface area contributed by atoms with E-state index in [-0.39, 0.29) is 29.6 Å². The second-order valence-electron chi connectivity index (χ2n) is 9.26. The number of halogens is 1. The van der Waals surface area contributed by atoms with Gasteiger partial charge in [0.05, 0.1) is 12.2 Å². The summed E-state index contributed by atoms with van der Waals surface area (Å²) in [5.74, 6) is -0.790. The lowest BCUT2D eigenvalue weighted by atomic mass is 10.0. The van der Waals surface area contributed by atoms with Crippen LogP contribution < -0.4 is 10.9 Å². The molecule has 1 saturated heterocycles. The standard InChI is InChI=1S/C27H27FN4O3/c1-17-25(16-35-30-17)19-3-4-24-20(13-19)5-10-32(27(24)34)15-18-11-21(14-22(28)12-18)26(33)29-23-6-8-31(2)9-7-23/h3-5,10-14,16,23H,6-9,15H2,1-2H3,(H,29,33). The van der Waals surface area contributed by atoms with Crippen LogP contribution in [0.2, 0.25) is 0 Å². The first-order valence-electron chi connectivity index (χ1n) is 11.7. The third-order valence-electron chi connectivity index (χ3n) is 6.66. The number of rotatable bonds is 5. The summed E-state index contributed by atoms with van der Waals surface area (Å²) in [4.78, 5) is 28.1. The molecule has 35 heavy (non-hydrogen) atoms. The van der Waals surface area contributed by atoms with E-state index in [4.69, 9.17) is 4.52 Å². The summed E-state index contributed by atoms with van der Waals surface area (Å²) < 4.78 is 21.0. The molecule has 1 aliphatic rings. The molecule has 1 N–H and O–H groups in total. The second-order valence-corrected chi connectivity index (χ2v) is 9.26. The Bertz CT molecular complexity index is 1450. The van der Waals surface area contributed by atoms with E-state index in [1.165, 1.54) is 16.7 Å². The van der Waals surface area contributed by atoms with Crippen molar-refractivity contribution >= 4 is 16.7 Å². The summed E-state index contributed by atoms with van der Waals surface area (Å²) in [6.07, 6.45) is 5.02. The van der Waals surface area contributed by atoms with Gasteiger partial charge < -0.3 is 19.3 Å². The molecular formula is C27H27FN4O3. The number of nitrogens with zero attached hydrogens (tertiary/aromatic N) is 3. The molecule has 8 heteroatoms. The van der Waals surface area contributed by atoms with E-state index >= 15 is 0 Å². The van der Waals surface area contributed by atoms with E-state index in [0.717, 1.165) is 48.1 Å². The first-order chi connectivity index (χ1) is 16.9. The lowest BCUT2D eigenvalue weighted by Gasteiger charge is -2.29. The van der Waals surface area contributed by atoms with Gasteiger partial charge in [-0.3, -0.25) is 9.59 Å². The molecule has 0 bridgehead atoms. The number of carbonyl (C=O) groups is 1. The van der Waals surface area contributed by atoms with Gasteiger partial charge in [-0.05, 0) is 92.8 Å². The van der Waals surface area contributed by atoms with Crippen molar-refractivity contribution in [1.29, 1.82) is 0 Å². The summed E-state index contributed by atoms with van der Waals surface area (Å²) in [5.41, 5.74) is 3.20. The van der Waals surface area contributed by atoms with Gasteiger partial charge in [0.15, 0.2) is 0 Å². The highest BCUT2D eigenvalue weighted by Gasteiger charge is 2.20. The van der Waals surface area contributed by atoms with Crippen LogP contribution in [-0.2, 0) is 6.54 Å². The Morgan fingerprint density at radius 1 is 1.17 bits per heavy atom. The summed E-state index contributed by atoms with van der Waals surface area (Å²) in [7, 11) is 2.06. The lowest BCUT2D eigenvalue weighted by Crippen LogP contribution is -2.43. The van der Waals surface area contributed by atoms with Gasteiger partial charge >= 0.3 is 0 Å². The first-order valence-corrected chi connectivity index (χ1v) is 11.7. The molecule has 2 aromatic heterocycles. The van der Waals surface area contributed by atoms with Crippen molar-refractivity contribution in [3.05, 3.63) is 87.9 Å². The molecule has 0 atom stereocenters. The normalized spacial score (nSPS) is 14.9. The topological polar surface area (TPSA) is 80.4 Å². The van der Waals surface area contributed by atoms with E-state index in [1.807, 2.05) is 25.1 Å². The fourth-order valence-electron chi connectivity index (χ4n) is 4.64. The molecule has 0 aliphatic carbocycles. The van der Waals surface area contributed by atoms with Crippen LogP contribution in [0.25, 0.3) is 21.9 Å². The zero-order chi connectivity index (χ0) is 24.5. The summed E-state index contributed by atoms with van der Waals surface area (Å²) >= 11 is 0. The molecule has 1 fully saturated rings. The molecule has 1 aliphatic heterocycles. The first kappa shape index (κ1) is 23.0. The molecule has 1 amide bonds. The van der Waals surface area contributed by atoms with Crippen LogP contribution in [0.15, 0.2) is 64.2 Å². The number of pyridine rings is 1. The fourth-order valence-corrected chi connectivity index (χ4v) is 4.64. The molecule has 2 aromatic carbocycles. The van der Waals surface area contributed by atoms with Crippen molar-refractivity contribution in [1.82, 2.24) is 19.9 Å². The Morgan fingerprint density at radius 2 is 1.97 bits per heavy atom. The number of aryl methyl sites for hydroxylation is 1. The minimum Gasteiger partial charge on any atom is -0.364 e.